The predicted octanol–water partition coefficient (Wildman–Crippen LogP) is 0.593. The van der Waals surface area contributed by atoms with Crippen LogP contribution in [0.15, 0.2) is 39.9 Å². The van der Waals surface area contributed by atoms with Gasteiger partial charge in [0, 0.05) is 5.69 Å². The predicted molar refractivity (Wildman–Crippen MR) is 68.7 cm³/mol. The van der Waals surface area contributed by atoms with Crippen LogP contribution in [0.2, 0.25) is 0 Å². The van der Waals surface area contributed by atoms with Gasteiger partial charge in [-0.2, -0.15) is 0 Å². The highest BCUT2D eigenvalue weighted by Crippen LogP contribution is 2.15. The average molecular weight is 261 g/mol. The molecule has 0 aliphatic heterocycles. The first-order valence-corrected chi connectivity index (χ1v) is 5.39. The van der Waals surface area contributed by atoms with Crippen LogP contribution in [0, 0.1) is 0 Å². The number of para-hydroxylation sites is 1. The number of nitrogens with one attached hydrogen (secondary N) is 3. The number of H-pyrrole nitrogens is 2. The molecule has 0 aliphatic rings. The molecule has 1 aromatic carbocycles. The van der Waals surface area contributed by atoms with Gasteiger partial charge in [-0.15, -0.1) is 0 Å². The minimum atomic E-state index is -0.837. The van der Waals surface area contributed by atoms with Gasteiger partial charge in [-0.3, -0.25) is 14.8 Å². The van der Waals surface area contributed by atoms with Crippen LogP contribution in [0.4, 0.5) is 11.5 Å². The number of hydrogen-bond acceptors (Lipinski definition) is 5. The number of anilines is 2. The maximum Gasteiger partial charge on any atom is 0.347 e. The third-order valence-corrected chi connectivity index (χ3v) is 2.38. The summed E-state index contributed by atoms with van der Waals surface area (Å²) >= 11 is 0. The first-order chi connectivity index (χ1) is 9.11. The van der Waals surface area contributed by atoms with E-state index in [1.54, 1.807) is 24.3 Å². The Balaban J connectivity index is 2.53. The molecule has 19 heavy (non-hydrogen) atoms. The summed E-state index contributed by atoms with van der Waals surface area (Å²) in [5, 5.41) is 2.79. The fourth-order valence-electron chi connectivity index (χ4n) is 1.54. The van der Waals surface area contributed by atoms with E-state index in [1.165, 1.54) is 0 Å². The molecule has 0 aliphatic carbocycles. The number of ether oxygens (including phenoxy) is 1. The smallest absolute Gasteiger partial charge is 0.347 e. The molecule has 0 atom stereocenters. The van der Waals surface area contributed by atoms with Gasteiger partial charge >= 0.3 is 11.7 Å². The molecule has 0 saturated heterocycles. The molecule has 0 spiro atoms. The van der Waals surface area contributed by atoms with E-state index in [9.17, 15) is 14.4 Å². The van der Waals surface area contributed by atoms with E-state index in [1.807, 2.05) is 11.1 Å². The van der Waals surface area contributed by atoms with Crippen molar-refractivity contribution in [1.29, 1.82) is 0 Å². The minimum absolute atomic E-state index is 0.00759. The molecule has 2 aromatic rings. The SMILES string of the molecule is COC(=O)c1c(Nc2ccccc2)[nH]c(=O)[nH]c1=O. The lowest BCUT2D eigenvalue weighted by Crippen LogP contribution is -2.30. The maximum atomic E-state index is 11.6. The summed E-state index contributed by atoms with van der Waals surface area (Å²) in [7, 11) is 1.15. The van der Waals surface area contributed by atoms with Gasteiger partial charge in [-0.05, 0) is 12.1 Å². The van der Waals surface area contributed by atoms with E-state index < -0.39 is 17.2 Å². The van der Waals surface area contributed by atoms with Crippen molar-refractivity contribution < 1.29 is 9.53 Å². The Labute approximate surface area is 107 Å². The van der Waals surface area contributed by atoms with Gasteiger partial charge in [0.15, 0.2) is 5.56 Å². The average Bonchev–Trinajstić information content (AvgIpc) is 2.38. The van der Waals surface area contributed by atoms with Crippen molar-refractivity contribution in [3.05, 3.63) is 56.7 Å². The van der Waals surface area contributed by atoms with Gasteiger partial charge < -0.3 is 10.1 Å². The van der Waals surface area contributed by atoms with Crippen molar-refractivity contribution in [2.45, 2.75) is 0 Å². The van der Waals surface area contributed by atoms with E-state index in [0.29, 0.717) is 5.69 Å². The second-order valence-corrected chi connectivity index (χ2v) is 3.64. The van der Waals surface area contributed by atoms with Crippen molar-refractivity contribution >= 4 is 17.5 Å². The van der Waals surface area contributed by atoms with Crippen LogP contribution in [0.25, 0.3) is 0 Å². The Morgan fingerprint density at radius 1 is 1.16 bits per heavy atom. The highest BCUT2D eigenvalue weighted by Gasteiger charge is 2.18. The van der Waals surface area contributed by atoms with E-state index in [2.05, 4.69) is 15.0 Å². The van der Waals surface area contributed by atoms with Crippen molar-refractivity contribution in [3.8, 4) is 0 Å². The van der Waals surface area contributed by atoms with Gasteiger partial charge in [0.1, 0.15) is 5.82 Å². The highest BCUT2D eigenvalue weighted by molar-refractivity contribution is 5.94. The maximum absolute atomic E-state index is 11.6. The molecule has 3 N–H and O–H groups in total. The van der Waals surface area contributed by atoms with E-state index in [0.717, 1.165) is 7.11 Å². The molecule has 7 heteroatoms. The van der Waals surface area contributed by atoms with Crippen LogP contribution in [0.5, 0.6) is 0 Å². The Kier molecular flexibility index (Phi) is 3.46. The lowest BCUT2D eigenvalue weighted by atomic mass is 10.2. The third-order valence-electron chi connectivity index (χ3n) is 2.38. The fourth-order valence-corrected chi connectivity index (χ4v) is 1.54. The number of aromatic amines is 2. The van der Waals surface area contributed by atoms with Crippen LogP contribution < -0.4 is 16.6 Å². The van der Waals surface area contributed by atoms with E-state index >= 15 is 0 Å². The Morgan fingerprint density at radius 3 is 2.47 bits per heavy atom. The number of benzene rings is 1. The van der Waals surface area contributed by atoms with Crippen molar-refractivity contribution in [1.82, 2.24) is 9.97 Å². The molecule has 0 radical (unpaired) electrons. The first-order valence-electron chi connectivity index (χ1n) is 5.39. The Hall–Kier alpha value is -2.83. The summed E-state index contributed by atoms with van der Waals surface area (Å²) in [6.07, 6.45) is 0. The van der Waals surface area contributed by atoms with Crippen molar-refractivity contribution in [2.24, 2.45) is 0 Å². The lowest BCUT2D eigenvalue weighted by Gasteiger charge is -2.09. The van der Waals surface area contributed by atoms with Crippen LogP contribution in [-0.2, 0) is 4.74 Å². The summed E-state index contributed by atoms with van der Waals surface area (Å²) in [5.74, 6) is -0.845. The zero-order chi connectivity index (χ0) is 13.8. The molecule has 0 fully saturated rings. The van der Waals surface area contributed by atoms with Crippen LogP contribution >= 0.6 is 0 Å². The largest absolute Gasteiger partial charge is 0.465 e. The molecule has 1 heterocycles. The van der Waals surface area contributed by atoms with Crippen molar-refractivity contribution in [3.63, 3.8) is 0 Å². The monoisotopic (exact) mass is 261 g/mol. The van der Waals surface area contributed by atoms with Gasteiger partial charge in [0.2, 0.25) is 0 Å². The summed E-state index contributed by atoms with van der Waals surface area (Å²) in [6.45, 7) is 0. The van der Waals surface area contributed by atoms with Crippen molar-refractivity contribution in [2.75, 3.05) is 12.4 Å². The van der Waals surface area contributed by atoms with E-state index in [4.69, 9.17) is 0 Å². The summed E-state index contributed by atoms with van der Waals surface area (Å²) in [5.41, 5.74) is -1.19. The first kappa shape index (κ1) is 12.6. The van der Waals surface area contributed by atoms with Gasteiger partial charge in [0.25, 0.3) is 5.56 Å². The molecular weight excluding hydrogens is 250 g/mol. The summed E-state index contributed by atoms with van der Waals surface area (Å²) < 4.78 is 4.51. The van der Waals surface area contributed by atoms with Gasteiger partial charge in [-0.1, -0.05) is 18.2 Å². The summed E-state index contributed by atoms with van der Waals surface area (Å²) in [6, 6.07) is 8.80. The normalized spacial score (nSPS) is 9.95. The standard InChI is InChI=1S/C12H11N3O4/c1-19-11(17)8-9(14-12(18)15-10(8)16)13-7-5-3-2-4-6-7/h2-6H,1H3,(H3,13,14,15,16,18). The molecular formula is C12H11N3O4. The third kappa shape index (κ3) is 2.71. The highest BCUT2D eigenvalue weighted by atomic mass is 16.5. The van der Waals surface area contributed by atoms with Crippen LogP contribution in [0.3, 0.4) is 0 Å². The molecule has 0 unspecified atom stereocenters. The summed E-state index contributed by atoms with van der Waals surface area (Å²) in [4.78, 5) is 38.8. The number of esters is 1. The molecule has 0 saturated carbocycles. The van der Waals surface area contributed by atoms with Crippen LogP contribution in [-0.4, -0.2) is 23.0 Å². The number of methoxy groups -OCH3 is 1. The second-order valence-electron chi connectivity index (χ2n) is 3.64. The number of hydrogen-bond donors (Lipinski definition) is 3. The zero-order valence-electron chi connectivity index (χ0n) is 10.0. The molecule has 1 aromatic heterocycles. The van der Waals surface area contributed by atoms with E-state index in [-0.39, 0.29) is 11.4 Å². The lowest BCUT2D eigenvalue weighted by molar-refractivity contribution is 0.0599. The number of aromatic nitrogens is 2. The molecule has 98 valence electrons. The molecule has 7 nitrogen and oxygen atoms in total. The zero-order valence-corrected chi connectivity index (χ0v) is 10.0. The number of carbonyl (C=O) groups is 1. The second kappa shape index (κ2) is 5.21. The quantitative estimate of drug-likeness (QED) is 0.701. The number of rotatable bonds is 3. The van der Waals surface area contributed by atoms with Gasteiger partial charge in [-0.25, -0.2) is 9.59 Å². The molecule has 0 bridgehead atoms. The fraction of sp³-hybridized carbons (Fsp3) is 0.0833. The molecule has 0 amide bonds. The Bertz CT molecular complexity index is 703. The van der Waals surface area contributed by atoms with Crippen LogP contribution in [0.1, 0.15) is 10.4 Å². The molecule has 2 rings (SSSR count). The number of carbonyl (C=O) groups excluding carboxylic acids is 1. The minimum Gasteiger partial charge on any atom is -0.465 e. The topological polar surface area (TPSA) is 104 Å². The Morgan fingerprint density at radius 2 is 1.84 bits per heavy atom. The van der Waals surface area contributed by atoms with Gasteiger partial charge in [0.05, 0.1) is 7.11 Å².